The van der Waals surface area contributed by atoms with Gasteiger partial charge in [-0.15, -0.1) is 0 Å². The van der Waals surface area contributed by atoms with E-state index in [2.05, 4.69) is 17.4 Å². The van der Waals surface area contributed by atoms with Crippen molar-refractivity contribution in [1.82, 2.24) is 15.2 Å². The van der Waals surface area contributed by atoms with E-state index >= 15 is 0 Å². The van der Waals surface area contributed by atoms with E-state index in [-0.39, 0.29) is 11.9 Å². The van der Waals surface area contributed by atoms with E-state index in [9.17, 15) is 4.39 Å². The van der Waals surface area contributed by atoms with Crippen LogP contribution in [0.4, 0.5) is 4.39 Å². The van der Waals surface area contributed by atoms with Crippen LogP contribution in [0.3, 0.4) is 0 Å². The minimum Gasteiger partial charge on any atom is -0.271 e. The first-order valence-electron chi connectivity index (χ1n) is 6.47. The molecule has 5 heteroatoms. The molecule has 2 rings (SSSR count). The van der Waals surface area contributed by atoms with Crippen molar-refractivity contribution in [3.63, 3.8) is 0 Å². The molecular weight excluding hydrogens is 243 g/mol. The maximum absolute atomic E-state index is 13.2. The van der Waals surface area contributed by atoms with Gasteiger partial charge in [-0.1, -0.05) is 19.1 Å². The monoisotopic (exact) mass is 262 g/mol. The summed E-state index contributed by atoms with van der Waals surface area (Å²) in [5.41, 5.74) is 4.72. The number of halogens is 1. The highest BCUT2D eigenvalue weighted by Crippen LogP contribution is 2.18. The molecule has 0 amide bonds. The Balaban J connectivity index is 2.18. The van der Waals surface area contributed by atoms with Crippen molar-refractivity contribution in [3.8, 4) is 0 Å². The number of benzene rings is 1. The molecule has 0 bridgehead atoms. The first-order valence-corrected chi connectivity index (χ1v) is 6.47. The van der Waals surface area contributed by atoms with Crippen LogP contribution in [-0.4, -0.2) is 9.78 Å². The van der Waals surface area contributed by atoms with Crippen molar-refractivity contribution in [2.24, 2.45) is 5.84 Å². The molecule has 102 valence electrons. The lowest BCUT2D eigenvalue weighted by Gasteiger charge is -2.17. The molecule has 0 spiro atoms. The average Bonchev–Trinajstić information content (AvgIpc) is 2.85. The fourth-order valence-corrected chi connectivity index (χ4v) is 2.19. The SMILES string of the molecule is CCCn1nccc1C(Cc1cccc(F)c1)NN. The second-order valence-corrected chi connectivity index (χ2v) is 4.53. The standard InChI is InChI=1S/C14H19FN4/c1-2-8-19-14(6-7-17-19)13(18-16)10-11-4-3-5-12(15)9-11/h3-7,9,13,18H,2,8,10,16H2,1H3. The van der Waals surface area contributed by atoms with Gasteiger partial charge in [0.15, 0.2) is 0 Å². The van der Waals surface area contributed by atoms with Gasteiger partial charge in [0, 0.05) is 12.7 Å². The van der Waals surface area contributed by atoms with Crippen molar-refractivity contribution >= 4 is 0 Å². The van der Waals surface area contributed by atoms with Gasteiger partial charge in [-0.3, -0.25) is 16.0 Å². The predicted octanol–water partition coefficient (Wildman–Crippen LogP) is 2.18. The van der Waals surface area contributed by atoms with E-state index in [0.29, 0.717) is 6.42 Å². The summed E-state index contributed by atoms with van der Waals surface area (Å²) >= 11 is 0. The Labute approximate surface area is 112 Å². The van der Waals surface area contributed by atoms with Gasteiger partial charge in [0.25, 0.3) is 0 Å². The third-order valence-electron chi connectivity index (χ3n) is 3.07. The summed E-state index contributed by atoms with van der Waals surface area (Å²) in [5, 5.41) is 4.28. The lowest BCUT2D eigenvalue weighted by atomic mass is 10.0. The summed E-state index contributed by atoms with van der Waals surface area (Å²) in [7, 11) is 0. The highest BCUT2D eigenvalue weighted by Gasteiger charge is 2.15. The molecule has 0 aliphatic rings. The Bertz CT molecular complexity index is 524. The summed E-state index contributed by atoms with van der Waals surface area (Å²) in [5.74, 6) is 5.40. The largest absolute Gasteiger partial charge is 0.271 e. The van der Waals surface area contributed by atoms with Gasteiger partial charge in [0.2, 0.25) is 0 Å². The minimum atomic E-state index is -0.227. The van der Waals surface area contributed by atoms with Crippen LogP contribution in [0.25, 0.3) is 0 Å². The van der Waals surface area contributed by atoms with Gasteiger partial charge in [-0.2, -0.15) is 5.10 Å². The third kappa shape index (κ3) is 3.39. The first-order chi connectivity index (χ1) is 9.24. The molecule has 0 saturated carbocycles. The second kappa shape index (κ2) is 6.45. The van der Waals surface area contributed by atoms with Crippen LogP contribution in [0.2, 0.25) is 0 Å². The van der Waals surface area contributed by atoms with Crippen LogP contribution in [0, 0.1) is 5.82 Å². The molecular formula is C14H19FN4. The van der Waals surface area contributed by atoms with Crippen molar-refractivity contribution in [1.29, 1.82) is 0 Å². The highest BCUT2D eigenvalue weighted by molar-refractivity contribution is 5.20. The van der Waals surface area contributed by atoms with Gasteiger partial charge < -0.3 is 0 Å². The number of aryl methyl sites for hydroxylation is 1. The highest BCUT2D eigenvalue weighted by atomic mass is 19.1. The van der Waals surface area contributed by atoms with Gasteiger partial charge in [0.05, 0.1) is 11.7 Å². The molecule has 19 heavy (non-hydrogen) atoms. The molecule has 0 aliphatic heterocycles. The van der Waals surface area contributed by atoms with E-state index in [4.69, 9.17) is 5.84 Å². The summed E-state index contributed by atoms with van der Waals surface area (Å²) in [6.07, 6.45) is 3.40. The molecule has 3 N–H and O–H groups in total. The summed E-state index contributed by atoms with van der Waals surface area (Å²) in [4.78, 5) is 0. The summed E-state index contributed by atoms with van der Waals surface area (Å²) < 4.78 is 15.1. The van der Waals surface area contributed by atoms with Crippen molar-refractivity contribution in [2.45, 2.75) is 32.4 Å². The number of hydrogen-bond donors (Lipinski definition) is 2. The molecule has 1 unspecified atom stereocenters. The fraction of sp³-hybridized carbons (Fsp3) is 0.357. The molecule has 0 saturated heterocycles. The molecule has 0 fully saturated rings. The number of hydrazine groups is 1. The van der Waals surface area contributed by atoms with Crippen molar-refractivity contribution < 1.29 is 4.39 Å². The molecule has 0 radical (unpaired) electrons. The van der Waals surface area contributed by atoms with Gasteiger partial charge in [-0.25, -0.2) is 4.39 Å². The fourth-order valence-electron chi connectivity index (χ4n) is 2.19. The average molecular weight is 262 g/mol. The smallest absolute Gasteiger partial charge is 0.123 e. The number of nitrogens with one attached hydrogen (secondary N) is 1. The predicted molar refractivity (Wildman–Crippen MR) is 72.7 cm³/mol. The summed E-state index contributed by atoms with van der Waals surface area (Å²) in [6.45, 7) is 2.95. The van der Waals surface area contributed by atoms with Crippen LogP contribution in [0.5, 0.6) is 0 Å². The number of hydrogen-bond acceptors (Lipinski definition) is 3. The zero-order chi connectivity index (χ0) is 13.7. The Morgan fingerprint density at radius 3 is 2.95 bits per heavy atom. The van der Waals surface area contributed by atoms with Gasteiger partial charge in [0.1, 0.15) is 5.82 Å². The van der Waals surface area contributed by atoms with Crippen LogP contribution >= 0.6 is 0 Å². The second-order valence-electron chi connectivity index (χ2n) is 4.53. The van der Waals surface area contributed by atoms with Crippen molar-refractivity contribution in [3.05, 3.63) is 53.6 Å². The quantitative estimate of drug-likeness (QED) is 0.619. The van der Waals surface area contributed by atoms with E-state index in [1.54, 1.807) is 12.3 Å². The molecule has 1 aromatic heterocycles. The molecule has 0 aliphatic carbocycles. The Hall–Kier alpha value is -1.72. The zero-order valence-corrected chi connectivity index (χ0v) is 11.0. The zero-order valence-electron chi connectivity index (χ0n) is 11.0. The molecule has 1 atom stereocenters. The normalized spacial score (nSPS) is 12.6. The van der Waals surface area contributed by atoms with Crippen LogP contribution in [-0.2, 0) is 13.0 Å². The third-order valence-corrected chi connectivity index (χ3v) is 3.07. The maximum Gasteiger partial charge on any atom is 0.123 e. The molecule has 2 aromatic rings. The lowest BCUT2D eigenvalue weighted by molar-refractivity contribution is 0.477. The molecule has 1 heterocycles. The van der Waals surface area contributed by atoms with Crippen LogP contribution in [0.15, 0.2) is 36.5 Å². The Morgan fingerprint density at radius 2 is 2.26 bits per heavy atom. The minimum absolute atomic E-state index is 0.0733. The molecule has 4 nitrogen and oxygen atoms in total. The number of nitrogens with zero attached hydrogens (tertiary/aromatic N) is 2. The van der Waals surface area contributed by atoms with Gasteiger partial charge in [-0.05, 0) is 36.6 Å². The van der Waals surface area contributed by atoms with Crippen LogP contribution in [0.1, 0.15) is 30.6 Å². The van der Waals surface area contributed by atoms with Crippen molar-refractivity contribution in [2.75, 3.05) is 0 Å². The Kier molecular flexibility index (Phi) is 4.65. The van der Waals surface area contributed by atoms with Gasteiger partial charge >= 0.3 is 0 Å². The number of nitrogens with two attached hydrogens (primary N) is 1. The maximum atomic E-state index is 13.2. The summed E-state index contributed by atoms with van der Waals surface area (Å²) in [6, 6.07) is 8.45. The topological polar surface area (TPSA) is 55.9 Å². The Morgan fingerprint density at radius 1 is 1.42 bits per heavy atom. The van der Waals surface area contributed by atoms with E-state index in [0.717, 1.165) is 24.2 Å². The number of rotatable bonds is 6. The first kappa shape index (κ1) is 13.7. The van der Waals surface area contributed by atoms with E-state index in [1.807, 2.05) is 16.8 Å². The van der Waals surface area contributed by atoms with E-state index in [1.165, 1.54) is 12.1 Å². The van der Waals surface area contributed by atoms with E-state index < -0.39 is 0 Å². The lowest BCUT2D eigenvalue weighted by Crippen LogP contribution is -2.31. The number of aromatic nitrogens is 2. The van der Waals surface area contributed by atoms with Crippen LogP contribution < -0.4 is 11.3 Å². The molecule has 1 aromatic carbocycles.